The molecule has 2 N–H and O–H groups in total. The summed E-state index contributed by atoms with van der Waals surface area (Å²) in [6, 6.07) is 21.7. The van der Waals surface area contributed by atoms with Crippen LogP contribution >= 0.6 is 11.9 Å². The summed E-state index contributed by atoms with van der Waals surface area (Å²) in [5, 5.41) is 9.87. The number of aliphatic hydroxyl groups excluding tert-OH is 1. The number of benzene rings is 3. The van der Waals surface area contributed by atoms with Crippen molar-refractivity contribution in [1.82, 2.24) is 9.62 Å². The van der Waals surface area contributed by atoms with E-state index in [0.29, 0.717) is 44.0 Å². The lowest BCUT2D eigenvalue weighted by atomic mass is 10.0. The van der Waals surface area contributed by atoms with Gasteiger partial charge in [-0.25, -0.2) is 4.39 Å². The highest BCUT2D eigenvalue weighted by molar-refractivity contribution is 7.97. The Balaban J connectivity index is 1.28. The van der Waals surface area contributed by atoms with Crippen LogP contribution in [0.2, 0.25) is 0 Å². The van der Waals surface area contributed by atoms with Crippen molar-refractivity contribution in [2.75, 3.05) is 37.6 Å². The first-order valence-corrected chi connectivity index (χ1v) is 14.3. The van der Waals surface area contributed by atoms with Gasteiger partial charge in [-0.15, -0.1) is 0 Å². The van der Waals surface area contributed by atoms with Crippen molar-refractivity contribution in [2.24, 2.45) is 4.99 Å². The lowest BCUT2D eigenvalue weighted by molar-refractivity contribution is 0.0746. The summed E-state index contributed by atoms with van der Waals surface area (Å²) >= 11 is 1.36. The van der Waals surface area contributed by atoms with Gasteiger partial charge in [-0.1, -0.05) is 43.0 Å². The van der Waals surface area contributed by atoms with Crippen LogP contribution in [0, 0.1) is 5.82 Å². The second-order valence-electron chi connectivity index (χ2n) is 9.45. The first-order valence-electron chi connectivity index (χ1n) is 13.4. The average Bonchev–Trinajstić information content (AvgIpc) is 3.00. The van der Waals surface area contributed by atoms with E-state index in [2.05, 4.69) is 21.2 Å². The third-order valence-corrected chi connectivity index (χ3v) is 7.41. The van der Waals surface area contributed by atoms with E-state index in [1.165, 1.54) is 36.4 Å². The number of aliphatic imine (C=N–C) groups is 1. The molecule has 41 heavy (non-hydrogen) atoms. The summed E-state index contributed by atoms with van der Waals surface area (Å²) in [6.45, 7) is 8.37. The number of nitrogens with one attached hydrogen (secondary N) is 1. The molecule has 0 saturated carbocycles. The second-order valence-corrected chi connectivity index (χ2v) is 10.2. The molecule has 2 amide bonds. The molecule has 4 rings (SSSR count). The minimum atomic E-state index is -0.585. The van der Waals surface area contributed by atoms with Gasteiger partial charge in [0.25, 0.3) is 11.8 Å². The Hall–Kier alpha value is -4.37. The molecule has 0 radical (unpaired) electrons. The molecule has 0 spiro atoms. The molecule has 1 aliphatic rings. The largest absolute Gasteiger partial charge is 0.506 e. The number of anilines is 1. The van der Waals surface area contributed by atoms with Crippen molar-refractivity contribution in [3.05, 3.63) is 119 Å². The van der Waals surface area contributed by atoms with Gasteiger partial charge in [0.1, 0.15) is 11.6 Å². The molecule has 1 saturated heterocycles. The van der Waals surface area contributed by atoms with Crippen molar-refractivity contribution in [2.45, 2.75) is 12.7 Å². The van der Waals surface area contributed by atoms with E-state index in [-0.39, 0.29) is 34.3 Å². The van der Waals surface area contributed by atoms with Gasteiger partial charge in [-0.05, 0) is 72.5 Å². The molecule has 0 atom stereocenters. The number of carbonyl (C=O) groups excluding carboxylic acids is 2. The van der Waals surface area contributed by atoms with Gasteiger partial charge in [0.15, 0.2) is 0 Å². The quantitative estimate of drug-likeness (QED) is 0.137. The number of aliphatic hydroxyl groups is 1. The van der Waals surface area contributed by atoms with E-state index in [9.17, 15) is 19.1 Å². The van der Waals surface area contributed by atoms with Crippen molar-refractivity contribution in [1.29, 1.82) is 0 Å². The molecule has 0 unspecified atom stereocenters. The van der Waals surface area contributed by atoms with Crippen molar-refractivity contribution < 1.29 is 19.1 Å². The molecule has 3 aromatic rings. The fraction of sp³-hybridized carbons (Fsp3) is 0.219. The second kappa shape index (κ2) is 14.3. The van der Waals surface area contributed by atoms with E-state index in [0.717, 1.165) is 11.3 Å². The Morgan fingerprint density at radius 3 is 2.37 bits per heavy atom. The highest BCUT2D eigenvalue weighted by Crippen LogP contribution is 2.23. The maximum atomic E-state index is 14.8. The van der Waals surface area contributed by atoms with Crippen LogP contribution in [0.5, 0.6) is 0 Å². The maximum absolute atomic E-state index is 14.8. The first kappa shape index (κ1) is 29.6. The molecular weight excluding hydrogens is 539 g/mol. The van der Waals surface area contributed by atoms with Crippen LogP contribution in [-0.4, -0.2) is 60.8 Å². The van der Waals surface area contributed by atoms with E-state index in [1.54, 1.807) is 23.1 Å². The van der Waals surface area contributed by atoms with E-state index in [1.807, 2.05) is 49.4 Å². The average molecular weight is 573 g/mol. The van der Waals surface area contributed by atoms with Crippen LogP contribution in [0.25, 0.3) is 5.57 Å². The number of amides is 2. The third-order valence-electron chi connectivity index (χ3n) is 6.60. The van der Waals surface area contributed by atoms with E-state index in [4.69, 9.17) is 0 Å². The third kappa shape index (κ3) is 8.08. The molecule has 1 heterocycles. The Labute approximate surface area is 244 Å². The summed E-state index contributed by atoms with van der Waals surface area (Å²) < 4.78 is 17.7. The standard InChI is InChI=1S/C32H33FN4O3S/c1-3-34-21-28(38)19-23(2)29-14-11-26(20-30(29)33)32(40)37-17-15-36(16-18-37)27-12-9-25(10-13-27)31(39)35-41-22-24-7-5-4-6-8-24/h4-14,19-21,38H,2-3,15-18,22H2,1H3,(H,35,39)/b28-19+,34-21+. The Morgan fingerprint density at radius 2 is 1.71 bits per heavy atom. The molecule has 9 heteroatoms. The minimum Gasteiger partial charge on any atom is -0.506 e. The number of halogens is 1. The molecule has 0 aromatic heterocycles. The number of rotatable bonds is 10. The Kier molecular flexibility index (Phi) is 10.3. The number of hydrogen-bond donors (Lipinski definition) is 2. The highest BCUT2D eigenvalue weighted by Gasteiger charge is 2.23. The molecule has 1 aliphatic heterocycles. The highest BCUT2D eigenvalue weighted by atomic mass is 32.2. The van der Waals surface area contributed by atoms with Gasteiger partial charge < -0.3 is 14.9 Å². The van der Waals surface area contributed by atoms with Crippen LogP contribution in [0.15, 0.2) is 96.2 Å². The Bertz CT molecular complexity index is 1430. The number of hydrogen-bond acceptors (Lipinski definition) is 6. The van der Waals surface area contributed by atoms with Gasteiger partial charge >= 0.3 is 0 Å². The fourth-order valence-electron chi connectivity index (χ4n) is 4.38. The van der Waals surface area contributed by atoms with Crippen LogP contribution in [0.3, 0.4) is 0 Å². The van der Waals surface area contributed by atoms with Crippen LogP contribution in [0.1, 0.15) is 38.8 Å². The predicted molar refractivity (Wildman–Crippen MR) is 165 cm³/mol. The molecule has 1 fully saturated rings. The smallest absolute Gasteiger partial charge is 0.261 e. The minimum absolute atomic E-state index is 0.120. The normalized spacial score (nSPS) is 13.9. The summed E-state index contributed by atoms with van der Waals surface area (Å²) in [7, 11) is 0. The lowest BCUT2D eigenvalue weighted by Crippen LogP contribution is -2.48. The number of carbonyl (C=O) groups is 2. The van der Waals surface area contributed by atoms with Crippen molar-refractivity contribution >= 4 is 41.2 Å². The molecule has 7 nitrogen and oxygen atoms in total. The zero-order valence-electron chi connectivity index (χ0n) is 22.9. The van der Waals surface area contributed by atoms with Crippen LogP contribution in [-0.2, 0) is 5.75 Å². The number of allylic oxidation sites excluding steroid dienone is 3. The van der Waals surface area contributed by atoms with Gasteiger partial charge in [0.05, 0.1) is 6.21 Å². The topological polar surface area (TPSA) is 85.2 Å². The zero-order chi connectivity index (χ0) is 29.2. The molecule has 0 bridgehead atoms. The Morgan fingerprint density at radius 1 is 1.02 bits per heavy atom. The van der Waals surface area contributed by atoms with Gasteiger partial charge in [-0.3, -0.25) is 19.3 Å². The summed E-state index contributed by atoms with van der Waals surface area (Å²) in [5.41, 5.74) is 3.44. The summed E-state index contributed by atoms with van der Waals surface area (Å²) in [5.74, 6) is -0.401. The van der Waals surface area contributed by atoms with E-state index < -0.39 is 5.82 Å². The summed E-state index contributed by atoms with van der Waals surface area (Å²) in [4.78, 5) is 33.4. The molecule has 0 aliphatic carbocycles. The number of piperazine rings is 1. The van der Waals surface area contributed by atoms with Gasteiger partial charge in [0.2, 0.25) is 0 Å². The monoisotopic (exact) mass is 572 g/mol. The van der Waals surface area contributed by atoms with Crippen molar-refractivity contribution in [3.63, 3.8) is 0 Å². The summed E-state index contributed by atoms with van der Waals surface area (Å²) in [6.07, 6.45) is 2.63. The van der Waals surface area contributed by atoms with Crippen molar-refractivity contribution in [3.8, 4) is 0 Å². The number of nitrogens with zero attached hydrogens (tertiary/aromatic N) is 3. The van der Waals surface area contributed by atoms with Crippen LogP contribution < -0.4 is 9.62 Å². The molecule has 3 aromatic carbocycles. The zero-order valence-corrected chi connectivity index (χ0v) is 23.7. The fourth-order valence-corrected chi connectivity index (χ4v) is 5.06. The maximum Gasteiger partial charge on any atom is 0.261 e. The predicted octanol–water partition coefficient (Wildman–Crippen LogP) is 5.91. The van der Waals surface area contributed by atoms with Gasteiger partial charge in [-0.2, -0.15) is 0 Å². The van der Waals surface area contributed by atoms with Crippen LogP contribution in [0.4, 0.5) is 10.1 Å². The molecule has 212 valence electrons. The lowest BCUT2D eigenvalue weighted by Gasteiger charge is -2.36. The first-order chi connectivity index (χ1) is 19.9. The molecular formula is C32H33FN4O3S. The SMILES string of the molecule is C=C(/C=C(O)\C=N\CC)c1ccc(C(=O)N2CCN(c3ccc(C(=O)NSCc4ccccc4)cc3)CC2)cc1F. The van der Waals surface area contributed by atoms with Gasteiger partial charge in [0, 0.05) is 60.9 Å². The van der Waals surface area contributed by atoms with E-state index >= 15 is 0 Å².